The van der Waals surface area contributed by atoms with Crippen molar-refractivity contribution in [3.63, 3.8) is 0 Å². The van der Waals surface area contributed by atoms with Gasteiger partial charge in [0, 0.05) is 18.7 Å². The summed E-state index contributed by atoms with van der Waals surface area (Å²) in [6.07, 6.45) is 3.50. The van der Waals surface area contributed by atoms with E-state index in [-0.39, 0.29) is 5.91 Å². The number of nitrogens with one attached hydrogen (secondary N) is 2. The van der Waals surface area contributed by atoms with Gasteiger partial charge < -0.3 is 14.4 Å². The van der Waals surface area contributed by atoms with E-state index in [1.165, 1.54) is 17.8 Å². The number of anilines is 2. The number of ether oxygens (including phenoxy) is 2. The van der Waals surface area contributed by atoms with Crippen molar-refractivity contribution < 1.29 is 14.3 Å². The third-order valence-corrected chi connectivity index (χ3v) is 6.18. The highest BCUT2D eigenvalue weighted by Gasteiger charge is 2.20. The maximum Gasteiger partial charge on any atom is 0.270 e. The Kier molecular flexibility index (Phi) is 5.84. The Morgan fingerprint density at radius 1 is 1.13 bits per heavy atom. The quantitative estimate of drug-likeness (QED) is 0.619. The second-order valence-corrected chi connectivity index (χ2v) is 7.99. The Morgan fingerprint density at radius 2 is 1.90 bits per heavy atom. The molecule has 3 aromatic rings. The number of piperidine rings is 1. The van der Waals surface area contributed by atoms with Crippen molar-refractivity contribution in [3.8, 4) is 22.1 Å². The summed E-state index contributed by atoms with van der Waals surface area (Å²) in [7, 11) is 3.18. The van der Waals surface area contributed by atoms with Crippen molar-refractivity contribution in [2.45, 2.75) is 26.2 Å². The number of carbonyl (C=O) groups excluding carboxylic acids is 1. The molecule has 1 fully saturated rings. The molecule has 0 bridgehead atoms. The van der Waals surface area contributed by atoms with Crippen LogP contribution in [-0.2, 0) is 0 Å². The summed E-state index contributed by atoms with van der Waals surface area (Å²) in [6.45, 7) is 3.69. The fourth-order valence-corrected chi connectivity index (χ4v) is 4.37. The third-order valence-electron chi connectivity index (χ3n) is 4.98. The number of aryl methyl sites for hydroxylation is 1. The van der Waals surface area contributed by atoms with Crippen LogP contribution in [0.4, 0.5) is 11.9 Å². The molecule has 1 aromatic carbocycles. The molecule has 10 heteroatoms. The zero-order valence-electron chi connectivity index (χ0n) is 17.2. The minimum atomic E-state index is -0.266. The zero-order valence-corrected chi connectivity index (χ0v) is 18.0. The molecule has 3 heterocycles. The molecule has 0 radical (unpaired) electrons. The number of aromatic nitrogens is 4. The number of H-pyrrole nitrogens is 1. The fourth-order valence-electron chi connectivity index (χ4n) is 3.41. The van der Waals surface area contributed by atoms with E-state index < -0.39 is 0 Å². The standard InChI is InChI=1S/C20H24N6O3S/c1-12-16(30-18(21-12)13-7-8-14(28-2)15(11-13)29-3)17(27)22-19-23-20(25-24-19)26-9-5-4-6-10-26/h7-8,11H,4-6,9-10H2,1-3H3,(H2,22,23,24,25,27). The van der Waals surface area contributed by atoms with Crippen LogP contribution < -0.4 is 19.7 Å². The van der Waals surface area contributed by atoms with Crippen molar-refractivity contribution >= 4 is 29.1 Å². The molecule has 30 heavy (non-hydrogen) atoms. The smallest absolute Gasteiger partial charge is 0.270 e. The normalized spacial score (nSPS) is 13.9. The molecular formula is C20H24N6O3S. The van der Waals surface area contributed by atoms with Gasteiger partial charge in [-0.2, -0.15) is 4.98 Å². The van der Waals surface area contributed by atoms with Crippen LogP contribution in [0.15, 0.2) is 18.2 Å². The first-order chi connectivity index (χ1) is 14.6. The number of thiazole rings is 1. The Balaban J connectivity index is 1.50. The predicted octanol–water partition coefficient (Wildman–Crippen LogP) is 3.50. The molecule has 4 rings (SSSR count). The second kappa shape index (κ2) is 8.70. The van der Waals surface area contributed by atoms with E-state index in [1.807, 2.05) is 25.1 Å². The van der Waals surface area contributed by atoms with Crippen LogP contribution in [0.2, 0.25) is 0 Å². The molecule has 1 saturated heterocycles. The van der Waals surface area contributed by atoms with Crippen LogP contribution in [-0.4, -0.2) is 53.4 Å². The number of aromatic amines is 1. The second-order valence-electron chi connectivity index (χ2n) is 6.99. The number of carbonyl (C=O) groups is 1. The number of benzene rings is 1. The van der Waals surface area contributed by atoms with Gasteiger partial charge in [0.25, 0.3) is 5.91 Å². The van der Waals surface area contributed by atoms with E-state index in [0.717, 1.165) is 36.5 Å². The Morgan fingerprint density at radius 3 is 2.63 bits per heavy atom. The summed E-state index contributed by atoms with van der Waals surface area (Å²) in [5.41, 5.74) is 1.50. The van der Waals surface area contributed by atoms with Crippen LogP contribution in [0.1, 0.15) is 34.6 Å². The lowest BCUT2D eigenvalue weighted by molar-refractivity contribution is 0.102. The number of amides is 1. The van der Waals surface area contributed by atoms with E-state index in [9.17, 15) is 4.79 Å². The molecule has 0 saturated carbocycles. The topological polar surface area (TPSA) is 105 Å². The minimum Gasteiger partial charge on any atom is -0.493 e. The minimum absolute atomic E-state index is 0.266. The van der Waals surface area contributed by atoms with Crippen LogP contribution >= 0.6 is 11.3 Å². The van der Waals surface area contributed by atoms with Gasteiger partial charge in [-0.3, -0.25) is 10.1 Å². The van der Waals surface area contributed by atoms with Gasteiger partial charge in [0.2, 0.25) is 11.9 Å². The average molecular weight is 429 g/mol. The first kappa shape index (κ1) is 20.1. The van der Waals surface area contributed by atoms with Crippen molar-refractivity contribution in [1.82, 2.24) is 20.2 Å². The van der Waals surface area contributed by atoms with Crippen LogP contribution in [0.25, 0.3) is 10.6 Å². The van der Waals surface area contributed by atoms with Crippen molar-refractivity contribution in [2.24, 2.45) is 0 Å². The van der Waals surface area contributed by atoms with Crippen LogP contribution in [0.3, 0.4) is 0 Å². The van der Waals surface area contributed by atoms with Crippen molar-refractivity contribution in [1.29, 1.82) is 0 Å². The molecule has 1 amide bonds. The Hall–Kier alpha value is -3.14. The predicted molar refractivity (Wildman–Crippen MR) is 116 cm³/mol. The first-order valence-electron chi connectivity index (χ1n) is 9.77. The molecule has 2 aromatic heterocycles. The first-order valence-corrected chi connectivity index (χ1v) is 10.6. The van der Waals surface area contributed by atoms with Gasteiger partial charge in [-0.25, -0.2) is 10.1 Å². The van der Waals surface area contributed by atoms with E-state index >= 15 is 0 Å². The summed E-state index contributed by atoms with van der Waals surface area (Å²) in [6, 6.07) is 5.56. The Bertz CT molecular complexity index is 1040. The largest absolute Gasteiger partial charge is 0.493 e. The van der Waals surface area contributed by atoms with Gasteiger partial charge in [0.15, 0.2) is 11.5 Å². The van der Waals surface area contributed by atoms with Crippen molar-refractivity contribution in [2.75, 3.05) is 37.5 Å². The maximum absolute atomic E-state index is 12.8. The number of methoxy groups -OCH3 is 2. The van der Waals surface area contributed by atoms with Gasteiger partial charge in [0.05, 0.1) is 19.9 Å². The number of rotatable bonds is 6. The van der Waals surface area contributed by atoms with Crippen LogP contribution in [0.5, 0.6) is 11.5 Å². The van der Waals surface area contributed by atoms with E-state index in [0.29, 0.717) is 34.0 Å². The zero-order chi connectivity index (χ0) is 21.1. The average Bonchev–Trinajstić information content (AvgIpc) is 3.40. The van der Waals surface area contributed by atoms with Crippen LogP contribution in [0, 0.1) is 6.92 Å². The van der Waals surface area contributed by atoms with E-state index in [1.54, 1.807) is 14.2 Å². The summed E-state index contributed by atoms with van der Waals surface area (Å²) in [4.78, 5) is 24.4. The maximum atomic E-state index is 12.8. The Labute approximate surface area is 178 Å². The summed E-state index contributed by atoms with van der Waals surface area (Å²) in [5.74, 6) is 1.94. The molecule has 0 unspecified atom stereocenters. The monoisotopic (exact) mass is 428 g/mol. The third kappa shape index (κ3) is 4.09. The summed E-state index contributed by atoms with van der Waals surface area (Å²) < 4.78 is 10.6. The van der Waals surface area contributed by atoms with Gasteiger partial charge in [-0.1, -0.05) is 0 Å². The van der Waals surface area contributed by atoms with Gasteiger partial charge >= 0.3 is 0 Å². The molecule has 158 valence electrons. The highest BCUT2D eigenvalue weighted by Crippen LogP contribution is 2.35. The molecule has 1 aliphatic rings. The van der Waals surface area contributed by atoms with E-state index in [4.69, 9.17) is 9.47 Å². The lowest BCUT2D eigenvalue weighted by atomic mass is 10.1. The highest BCUT2D eigenvalue weighted by molar-refractivity contribution is 7.17. The number of nitrogens with zero attached hydrogens (tertiary/aromatic N) is 4. The van der Waals surface area contributed by atoms with Gasteiger partial charge in [0.1, 0.15) is 9.88 Å². The summed E-state index contributed by atoms with van der Waals surface area (Å²) in [5, 5.41) is 10.6. The molecule has 2 N–H and O–H groups in total. The molecular weight excluding hydrogens is 404 g/mol. The molecule has 0 atom stereocenters. The fraction of sp³-hybridized carbons (Fsp3) is 0.400. The molecule has 0 aliphatic carbocycles. The van der Waals surface area contributed by atoms with E-state index in [2.05, 4.69) is 30.4 Å². The molecule has 1 aliphatic heterocycles. The van der Waals surface area contributed by atoms with Gasteiger partial charge in [-0.15, -0.1) is 16.4 Å². The lowest BCUT2D eigenvalue weighted by Gasteiger charge is -2.24. The SMILES string of the molecule is COc1ccc(-c2nc(C)c(C(=O)Nc3nc(N4CCCCC4)n[nH]3)s2)cc1OC. The number of hydrogen-bond acceptors (Lipinski definition) is 8. The molecule has 0 spiro atoms. The van der Waals surface area contributed by atoms with Gasteiger partial charge in [-0.05, 0) is 44.4 Å². The highest BCUT2D eigenvalue weighted by atomic mass is 32.1. The summed E-state index contributed by atoms with van der Waals surface area (Å²) >= 11 is 1.32. The van der Waals surface area contributed by atoms with Crippen molar-refractivity contribution in [3.05, 3.63) is 28.8 Å². The molecule has 9 nitrogen and oxygen atoms in total. The lowest BCUT2D eigenvalue weighted by Crippen LogP contribution is -2.30. The number of hydrogen-bond donors (Lipinski definition) is 2.